The number of fused-ring (bicyclic) bond motifs is 1. The summed E-state index contributed by atoms with van der Waals surface area (Å²) in [4.78, 5) is 28.6. The lowest BCUT2D eigenvalue weighted by Gasteiger charge is -2.33. The van der Waals surface area contributed by atoms with Gasteiger partial charge in [-0.15, -0.1) is 0 Å². The molecule has 6 rings (SSSR count). The molecule has 198 valence electrons. The average Bonchev–Trinajstić information content (AvgIpc) is 3.37. The molecule has 0 unspecified atom stereocenters. The van der Waals surface area contributed by atoms with Gasteiger partial charge in [-0.25, -0.2) is 9.67 Å². The monoisotopic (exact) mass is 517 g/mol. The Kier molecular flexibility index (Phi) is 5.95. The van der Waals surface area contributed by atoms with Crippen LogP contribution in [0.1, 0.15) is 34.6 Å². The van der Waals surface area contributed by atoms with Gasteiger partial charge in [-0.3, -0.25) is 19.4 Å². The Hall–Kier alpha value is -4.10. The molecule has 0 aromatic carbocycles. The molecule has 1 amide bonds. The van der Waals surface area contributed by atoms with Crippen LogP contribution in [0.2, 0.25) is 0 Å². The van der Waals surface area contributed by atoms with Crippen molar-refractivity contribution in [2.45, 2.75) is 31.8 Å². The first-order valence-electron chi connectivity index (χ1n) is 12.7. The van der Waals surface area contributed by atoms with Gasteiger partial charge < -0.3 is 21.1 Å². The number of anilines is 4. The number of nitrogens with zero attached hydrogens (tertiary/aromatic N) is 8. The van der Waals surface area contributed by atoms with Crippen LogP contribution < -0.4 is 16.4 Å². The third-order valence-corrected chi connectivity index (χ3v) is 7.15. The van der Waals surface area contributed by atoms with E-state index in [-0.39, 0.29) is 5.60 Å². The minimum Gasteiger partial charge on any atom is -0.372 e. The first-order valence-corrected chi connectivity index (χ1v) is 12.7. The third-order valence-electron chi connectivity index (χ3n) is 7.15. The number of carbonyl (C=O) groups excluding carboxylic acids is 1. The van der Waals surface area contributed by atoms with Gasteiger partial charge >= 0.3 is 0 Å². The molecule has 13 nitrogen and oxygen atoms in total. The predicted molar refractivity (Wildman–Crippen MR) is 142 cm³/mol. The molecule has 1 spiro atoms. The van der Waals surface area contributed by atoms with Crippen LogP contribution in [0, 0.1) is 6.92 Å². The van der Waals surface area contributed by atoms with Crippen molar-refractivity contribution in [2.75, 3.05) is 36.9 Å². The second-order valence-corrected chi connectivity index (χ2v) is 10.1. The van der Waals surface area contributed by atoms with Crippen LogP contribution in [0.4, 0.5) is 23.1 Å². The predicted octanol–water partition coefficient (Wildman–Crippen LogP) is 1.79. The first-order chi connectivity index (χ1) is 18.3. The Balaban J connectivity index is 1.22. The Morgan fingerprint density at radius 3 is 2.79 bits per heavy atom. The summed E-state index contributed by atoms with van der Waals surface area (Å²) < 4.78 is 9.29. The number of nitrogens with one attached hydrogen (secondary N) is 2. The summed E-state index contributed by atoms with van der Waals surface area (Å²) in [7, 11) is 3.66. The summed E-state index contributed by atoms with van der Waals surface area (Å²) in [5.74, 6) is 0.495. The summed E-state index contributed by atoms with van der Waals surface area (Å²) in [5.41, 5.74) is 9.78. The van der Waals surface area contributed by atoms with E-state index in [9.17, 15) is 4.79 Å². The summed E-state index contributed by atoms with van der Waals surface area (Å²) in [5, 5.41) is 15.9. The lowest BCUT2D eigenvalue weighted by molar-refractivity contribution is -0.0455. The highest BCUT2D eigenvalue weighted by Crippen LogP contribution is 2.41. The largest absolute Gasteiger partial charge is 0.372 e. The van der Waals surface area contributed by atoms with Crippen LogP contribution in [0.3, 0.4) is 0 Å². The summed E-state index contributed by atoms with van der Waals surface area (Å²) >= 11 is 0. The van der Waals surface area contributed by atoms with E-state index in [4.69, 9.17) is 15.5 Å². The summed E-state index contributed by atoms with van der Waals surface area (Å²) in [6.45, 7) is 5.29. The Labute approximate surface area is 219 Å². The number of morpholine rings is 1. The maximum atomic E-state index is 12.4. The van der Waals surface area contributed by atoms with Gasteiger partial charge in [-0.05, 0) is 25.8 Å². The van der Waals surface area contributed by atoms with Crippen LogP contribution in [-0.4, -0.2) is 77.2 Å². The van der Waals surface area contributed by atoms with Crippen molar-refractivity contribution < 1.29 is 9.53 Å². The fraction of sp³-hybridized carbons (Fsp3) is 0.440. The van der Waals surface area contributed by atoms with Crippen molar-refractivity contribution in [1.82, 2.24) is 39.4 Å². The highest BCUT2D eigenvalue weighted by Gasteiger charge is 2.47. The smallest absolute Gasteiger partial charge is 0.250 e. The van der Waals surface area contributed by atoms with E-state index < -0.39 is 5.91 Å². The SMILES string of the molecule is Cc1nc(CCN2CCOC3(CC3)C2)c(C(N)=O)cc1Nc1nn(C)c2nc(Nc3cnn(C)c3)ncc12. The van der Waals surface area contributed by atoms with E-state index in [1.807, 2.05) is 27.2 Å². The molecule has 13 heteroatoms. The van der Waals surface area contributed by atoms with Gasteiger partial charge in [0.05, 0.1) is 52.1 Å². The number of primary amides is 1. The van der Waals surface area contributed by atoms with Crippen LogP contribution in [0.15, 0.2) is 24.7 Å². The standard InChI is InChI=1S/C25H31N11O2/c1-15-20(10-17(21(26)37)19(29-15)4-7-36-8-9-38-25(14-36)5-6-25)31-22-18-12-27-24(32-23(18)35(3)33-22)30-16-11-28-34(2)13-16/h10-13H,4-9,14H2,1-3H3,(H2,26,37)(H,31,33)(H,27,30,32). The minimum absolute atomic E-state index is 0.0621. The Morgan fingerprint density at radius 2 is 2.05 bits per heavy atom. The van der Waals surface area contributed by atoms with Gasteiger partial charge in [0.2, 0.25) is 5.95 Å². The van der Waals surface area contributed by atoms with Crippen molar-refractivity contribution in [1.29, 1.82) is 0 Å². The van der Waals surface area contributed by atoms with Gasteiger partial charge in [-0.2, -0.15) is 15.2 Å². The molecular weight excluding hydrogens is 486 g/mol. The number of ether oxygens (including phenoxy) is 1. The van der Waals surface area contributed by atoms with Crippen molar-refractivity contribution in [3.8, 4) is 0 Å². The summed E-state index contributed by atoms with van der Waals surface area (Å²) in [6, 6.07) is 1.77. The molecule has 1 aliphatic carbocycles. The zero-order valence-corrected chi connectivity index (χ0v) is 21.7. The number of carbonyl (C=O) groups is 1. The van der Waals surface area contributed by atoms with Gasteiger partial charge in [-0.1, -0.05) is 0 Å². The van der Waals surface area contributed by atoms with E-state index in [1.54, 1.807) is 27.8 Å². The molecule has 0 radical (unpaired) electrons. The van der Waals surface area contributed by atoms with Crippen LogP contribution in [0.25, 0.3) is 11.0 Å². The molecule has 2 aliphatic rings. The van der Waals surface area contributed by atoms with Gasteiger partial charge in [0.15, 0.2) is 11.5 Å². The number of hydrogen-bond donors (Lipinski definition) is 3. The fourth-order valence-electron chi connectivity index (χ4n) is 4.94. The highest BCUT2D eigenvalue weighted by atomic mass is 16.5. The van der Waals surface area contributed by atoms with E-state index in [0.717, 1.165) is 55.9 Å². The third kappa shape index (κ3) is 4.77. The maximum absolute atomic E-state index is 12.4. The topological polar surface area (TPSA) is 154 Å². The molecule has 4 N–H and O–H groups in total. The molecule has 1 aliphatic heterocycles. The minimum atomic E-state index is -0.503. The van der Waals surface area contributed by atoms with Gasteiger partial charge in [0.25, 0.3) is 5.91 Å². The number of nitrogens with two attached hydrogens (primary N) is 1. The molecule has 1 saturated carbocycles. The van der Waals surface area contributed by atoms with Crippen molar-refractivity contribution >= 4 is 40.1 Å². The molecule has 2 fully saturated rings. The lowest BCUT2D eigenvalue weighted by Crippen LogP contribution is -2.44. The number of aromatic nitrogens is 7. The molecule has 4 aromatic heterocycles. The Morgan fingerprint density at radius 1 is 1.21 bits per heavy atom. The van der Waals surface area contributed by atoms with Crippen LogP contribution in [-0.2, 0) is 25.3 Å². The van der Waals surface area contributed by atoms with Gasteiger partial charge in [0.1, 0.15) is 0 Å². The quantitative estimate of drug-likeness (QED) is 0.315. The molecule has 0 atom stereocenters. The molecule has 5 heterocycles. The van der Waals surface area contributed by atoms with E-state index in [2.05, 4.69) is 35.7 Å². The molecule has 1 saturated heterocycles. The van der Waals surface area contributed by atoms with E-state index >= 15 is 0 Å². The van der Waals surface area contributed by atoms with Gasteiger partial charge in [0, 0.05) is 52.5 Å². The van der Waals surface area contributed by atoms with Crippen LogP contribution >= 0.6 is 0 Å². The number of aryl methyl sites for hydroxylation is 3. The van der Waals surface area contributed by atoms with Crippen LogP contribution in [0.5, 0.6) is 0 Å². The number of amides is 1. The second kappa shape index (κ2) is 9.33. The maximum Gasteiger partial charge on any atom is 0.250 e. The molecule has 38 heavy (non-hydrogen) atoms. The van der Waals surface area contributed by atoms with E-state index in [0.29, 0.717) is 40.8 Å². The highest BCUT2D eigenvalue weighted by molar-refractivity contribution is 5.96. The molecule has 0 bridgehead atoms. The molecule has 4 aromatic rings. The first kappa shape index (κ1) is 24.2. The van der Waals surface area contributed by atoms with Crippen molar-refractivity contribution in [3.05, 3.63) is 41.6 Å². The zero-order valence-electron chi connectivity index (χ0n) is 21.7. The normalized spacial score (nSPS) is 16.7. The fourth-order valence-corrected chi connectivity index (χ4v) is 4.94. The number of pyridine rings is 1. The Bertz CT molecular complexity index is 1520. The number of rotatable bonds is 8. The lowest BCUT2D eigenvalue weighted by atomic mass is 10.1. The number of hydrogen-bond acceptors (Lipinski definition) is 10. The molecular formula is C25H31N11O2. The average molecular weight is 518 g/mol. The summed E-state index contributed by atoms with van der Waals surface area (Å²) in [6.07, 6.45) is 8.14. The van der Waals surface area contributed by atoms with Crippen molar-refractivity contribution in [3.63, 3.8) is 0 Å². The zero-order chi connectivity index (χ0) is 26.4. The second-order valence-electron chi connectivity index (χ2n) is 10.1. The van der Waals surface area contributed by atoms with E-state index in [1.165, 1.54) is 0 Å². The van der Waals surface area contributed by atoms with Crippen molar-refractivity contribution in [2.24, 2.45) is 19.8 Å².